The average molecular weight is 279 g/mol. The van der Waals surface area contributed by atoms with Gasteiger partial charge in [0.05, 0.1) is 0 Å². The van der Waals surface area contributed by atoms with Crippen LogP contribution in [-0.4, -0.2) is 60.1 Å². The average Bonchev–Trinajstić information content (AvgIpc) is 2.47. The van der Waals surface area contributed by atoms with E-state index in [9.17, 15) is 0 Å². The van der Waals surface area contributed by atoms with E-state index in [4.69, 9.17) is 0 Å². The van der Waals surface area contributed by atoms with Crippen LogP contribution in [0.1, 0.15) is 58.8 Å². The highest BCUT2D eigenvalue weighted by molar-refractivity contribution is 4.92. The summed E-state index contributed by atoms with van der Waals surface area (Å²) in [4.78, 5) is 5.57. The summed E-state index contributed by atoms with van der Waals surface area (Å²) in [6, 6.07) is 3.10. The molecule has 0 aromatic carbocycles. The number of fused-ring (bicyclic) bond motifs is 1. The standard InChI is InChI=1S/C17H33N3/c1-14(11-16-7-3-5-9-18-16)20-13-17-8-4-6-10-19(17)12-15(20)2/h14-18H,3-13H2,1-2H3. The third-order valence-electron chi connectivity index (χ3n) is 5.84. The predicted molar refractivity (Wildman–Crippen MR) is 85.1 cm³/mol. The molecule has 0 aliphatic carbocycles. The second-order valence-corrected chi connectivity index (χ2v) is 7.42. The third-order valence-corrected chi connectivity index (χ3v) is 5.84. The van der Waals surface area contributed by atoms with Gasteiger partial charge in [-0.15, -0.1) is 0 Å². The Kier molecular flexibility index (Phi) is 5.00. The minimum atomic E-state index is 0.739. The molecule has 0 spiro atoms. The van der Waals surface area contributed by atoms with Crippen LogP contribution in [0.2, 0.25) is 0 Å². The maximum atomic E-state index is 3.72. The van der Waals surface area contributed by atoms with Crippen molar-refractivity contribution in [2.75, 3.05) is 26.2 Å². The van der Waals surface area contributed by atoms with E-state index in [0.717, 1.165) is 24.2 Å². The van der Waals surface area contributed by atoms with Crippen LogP contribution in [-0.2, 0) is 0 Å². The molecule has 0 aromatic rings. The molecule has 3 fully saturated rings. The van der Waals surface area contributed by atoms with Crippen molar-refractivity contribution in [1.29, 1.82) is 0 Å². The lowest BCUT2D eigenvalue weighted by molar-refractivity contribution is -0.00809. The van der Waals surface area contributed by atoms with Crippen LogP contribution in [0.4, 0.5) is 0 Å². The summed E-state index contributed by atoms with van der Waals surface area (Å²) in [6.45, 7) is 10.1. The van der Waals surface area contributed by atoms with Gasteiger partial charge in [0, 0.05) is 37.3 Å². The van der Waals surface area contributed by atoms with Gasteiger partial charge in [-0.25, -0.2) is 0 Å². The van der Waals surface area contributed by atoms with Gasteiger partial charge in [0.1, 0.15) is 0 Å². The van der Waals surface area contributed by atoms with Crippen LogP contribution in [0.5, 0.6) is 0 Å². The van der Waals surface area contributed by atoms with Gasteiger partial charge in [-0.3, -0.25) is 9.80 Å². The zero-order valence-corrected chi connectivity index (χ0v) is 13.5. The number of hydrogen-bond donors (Lipinski definition) is 1. The van der Waals surface area contributed by atoms with Crippen molar-refractivity contribution in [3.8, 4) is 0 Å². The maximum absolute atomic E-state index is 3.72. The zero-order chi connectivity index (χ0) is 13.9. The molecule has 0 radical (unpaired) electrons. The van der Waals surface area contributed by atoms with Crippen LogP contribution in [0.3, 0.4) is 0 Å². The van der Waals surface area contributed by atoms with Gasteiger partial charge in [-0.2, -0.15) is 0 Å². The lowest BCUT2D eigenvalue weighted by atomic mass is 9.93. The molecule has 3 aliphatic rings. The summed E-state index contributed by atoms with van der Waals surface area (Å²) < 4.78 is 0. The molecule has 0 aromatic heterocycles. The Morgan fingerprint density at radius 2 is 1.95 bits per heavy atom. The molecule has 4 unspecified atom stereocenters. The van der Waals surface area contributed by atoms with E-state index >= 15 is 0 Å². The van der Waals surface area contributed by atoms with Crippen molar-refractivity contribution in [2.24, 2.45) is 0 Å². The van der Waals surface area contributed by atoms with Gasteiger partial charge in [0.15, 0.2) is 0 Å². The van der Waals surface area contributed by atoms with Crippen LogP contribution < -0.4 is 5.32 Å². The Morgan fingerprint density at radius 1 is 1.10 bits per heavy atom. The molecule has 3 heteroatoms. The third kappa shape index (κ3) is 3.37. The lowest BCUT2D eigenvalue weighted by Crippen LogP contribution is -2.61. The van der Waals surface area contributed by atoms with E-state index in [1.165, 1.54) is 71.1 Å². The Bertz CT molecular complexity index is 301. The number of rotatable bonds is 3. The fraction of sp³-hybridized carbons (Fsp3) is 1.00. The normalized spacial score (nSPS) is 38.4. The monoisotopic (exact) mass is 279 g/mol. The van der Waals surface area contributed by atoms with Gasteiger partial charge in [-0.1, -0.05) is 12.8 Å². The molecule has 0 bridgehead atoms. The predicted octanol–water partition coefficient (Wildman–Crippen LogP) is 2.47. The van der Waals surface area contributed by atoms with Crippen molar-refractivity contribution in [2.45, 2.75) is 83.0 Å². The van der Waals surface area contributed by atoms with Gasteiger partial charge in [0.2, 0.25) is 0 Å². The number of nitrogens with one attached hydrogen (secondary N) is 1. The van der Waals surface area contributed by atoms with Crippen molar-refractivity contribution in [3.63, 3.8) is 0 Å². The van der Waals surface area contributed by atoms with Crippen molar-refractivity contribution >= 4 is 0 Å². The molecule has 1 N–H and O–H groups in total. The Hall–Kier alpha value is -0.120. The van der Waals surface area contributed by atoms with Crippen LogP contribution >= 0.6 is 0 Å². The van der Waals surface area contributed by atoms with Crippen molar-refractivity contribution in [1.82, 2.24) is 15.1 Å². The SMILES string of the molecule is CC(CC1CCCCN1)N1CC2CCCCN2CC1C. The van der Waals surface area contributed by atoms with Crippen molar-refractivity contribution in [3.05, 3.63) is 0 Å². The quantitative estimate of drug-likeness (QED) is 0.856. The fourth-order valence-corrected chi connectivity index (χ4v) is 4.66. The molecule has 3 nitrogen and oxygen atoms in total. The summed E-state index contributed by atoms with van der Waals surface area (Å²) in [6.07, 6.45) is 9.84. The van der Waals surface area contributed by atoms with E-state index in [1.54, 1.807) is 0 Å². The number of hydrogen-bond acceptors (Lipinski definition) is 3. The molecule has 3 rings (SSSR count). The van der Waals surface area contributed by atoms with E-state index in [-0.39, 0.29) is 0 Å². The minimum absolute atomic E-state index is 0.739. The molecule has 3 heterocycles. The smallest absolute Gasteiger partial charge is 0.0224 e. The van der Waals surface area contributed by atoms with Gasteiger partial charge >= 0.3 is 0 Å². The van der Waals surface area contributed by atoms with Crippen LogP contribution in [0.25, 0.3) is 0 Å². The van der Waals surface area contributed by atoms with E-state index in [2.05, 4.69) is 29.0 Å². The molecule has 0 saturated carbocycles. The summed E-state index contributed by atoms with van der Waals surface area (Å²) in [5.41, 5.74) is 0. The summed E-state index contributed by atoms with van der Waals surface area (Å²) in [7, 11) is 0. The first-order chi connectivity index (χ1) is 9.74. The summed E-state index contributed by atoms with van der Waals surface area (Å²) in [5, 5.41) is 3.72. The van der Waals surface area contributed by atoms with E-state index in [1.807, 2.05) is 0 Å². The summed E-state index contributed by atoms with van der Waals surface area (Å²) in [5.74, 6) is 0. The fourth-order valence-electron chi connectivity index (χ4n) is 4.66. The first kappa shape index (κ1) is 14.8. The van der Waals surface area contributed by atoms with Crippen molar-refractivity contribution < 1.29 is 0 Å². The molecular formula is C17H33N3. The Morgan fingerprint density at radius 3 is 2.75 bits per heavy atom. The number of piperidine rings is 2. The Labute approximate surface area is 125 Å². The number of piperazine rings is 1. The number of nitrogens with zero attached hydrogens (tertiary/aromatic N) is 2. The van der Waals surface area contributed by atoms with E-state index < -0.39 is 0 Å². The molecule has 0 amide bonds. The first-order valence-corrected chi connectivity index (χ1v) is 8.97. The lowest BCUT2D eigenvalue weighted by Gasteiger charge is -2.50. The molecular weight excluding hydrogens is 246 g/mol. The molecule has 4 atom stereocenters. The second kappa shape index (κ2) is 6.76. The minimum Gasteiger partial charge on any atom is -0.314 e. The highest BCUT2D eigenvalue weighted by atomic mass is 15.3. The molecule has 3 aliphatic heterocycles. The first-order valence-electron chi connectivity index (χ1n) is 8.97. The van der Waals surface area contributed by atoms with E-state index in [0.29, 0.717) is 0 Å². The largest absolute Gasteiger partial charge is 0.314 e. The van der Waals surface area contributed by atoms with Gasteiger partial charge in [0.25, 0.3) is 0 Å². The van der Waals surface area contributed by atoms with Crippen LogP contribution in [0.15, 0.2) is 0 Å². The topological polar surface area (TPSA) is 18.5 Å². The summed E-state index contributed by atoms with van der Waals surface area (Å²) >= 11 is 0. The maximum Gasteiger partial charge on any atom is 0.0224 e. The van der Waals surface area contributed by atoms with Gasteiger partial charge < -0.3 is 5.32 Å². The molecule has 3 saturated heterocycles. The van der Waals surface area contributed by atoms with Gasteiger partial charge in [-0.05, 0) is 59.0 Å². The highest BCUT2D eigenvalue weighted by Gasteiger charge is 2.35. The van der Waals surface area contributed by atoms with Crippen LogP contribution in [0, 0.1) is 0 Å². The Balaban J connectivity index is 1.54. The second-order valence-electron chi connectivity index (χ2n) is 7.42. The zero-order valence-electron chi connectivity index (χ0n) is 13.5. The molecule has 20 heavy (non-hydrogen) atoms. The highest BCUT2D eigenvalue weighted by Crippen LogP contribution is 2.27. The molecule has 116 valence electrons.